The minimum Gasteiger partial charge on any atom is -0.496 e. The van der Waals surface area contributed by atoms with Crippen molar-refractivity contribution in [3.05, 3.63) is 59.2 Å². The molecular weight excluding hydrogens is 290 g/mol. The van der Waals surface area contributed by atoms with Crippen LogP contribution in [0.15, 0.2) is 42.5 Å². The molecule has 0 heterocycles. The number of carbonyl (C=O) groups is 1. The first-order valence-corrected chi connectivity index (χ1v) is 7.32. The van der Waals surface area contributed by atoms with Crippen molar-refractivity contribution in [2.24, 2.45) is 0 Å². The van der Waals surface area contributed by atoms with E-state index in [9.17, 15) is 4.79 Å². The van der Waals surface area contributed by atoms with Crippen molar-refractivity contribution in [1.82, 2.24) is 0 Å². The van der Waals surface area contributed by atoms with Gasteiger partial charge in [0.2, 0.25) is 0 Å². The average molecular weight is 311 g/mol. The summed E-state index contributed by atoms with van der Waals surface area (Å²) in [6.07, 6.45) is 3.32. The fourth-order valence-corrected chi connectivity index (χ4v) is 2.28. The maximum Gasteiger partial charge on any atom is 0.185 e. The number of allylic oxidation sites excluding steroid dienone is 1. The van der Waals surface area contributed by atoms with Crippen LogP contribution in [0.2, 0.25) is 0 Å². The van der Waals surface area contributed by atoms with Crippen LogP contribution in [0.25, 0.3) is 6.08 Å². The highest BCUT2D eigenvalue weighted by Gasteiger charge is 2.07. The summed E-state index contributed by atoms with van der Waals surface area (Å²) in [4.78, 5) is 12.3. The average Bonchev–Trinajstić information content (AvgIpc) is 2.59. The first kappa shape index (κ1) is 16.6. The fourth-order valence-electron chi connectivity index (χ4n) is 2.28. The molecule has 0 aliphatic carbocycles. The predicted octanol–water partition coefficient (Wildman–Crippen LogP) is 3.95. The Kier molecular flexibility index (Phi) is 5.41. The molecule has 0 aliphatic heterocycles. The first-order chi connectivity index (χ1) is 11.1. The van der Waals surface area contributed by atoms with Crippen molar-refractivity contribution < 1.29 is 14.3 Å². The van der Waals surface area contributed by atoms with E-state index in [2.05, 4.69) is 5.32 Å². The number of carbonyl (C=O) groups excluding carboxylic acids is 1. The molecule has 2 aromatic rings. The van der Waals surface area contributed by atoms with E-state index >= 15 is 0 Å². The molecule has 0 aliphatic rings. The van der Waals surface area contributed by atoms with Crippen LogP contribution in [0.1, 0.15) is 21.5 Å². The molecule has 1 N–H and O–H groups in total. The zero-order chi connectivity index (χ0) is 16.8. The van der Waals surface area contributed by atoms with Crippen LogP contribution in [0, 0.1) is 6.92 Å². The lowest BCUT2D eigenvalue weighted by atomic mass is 10.1. The third-order valence-electron chi connectivity index (χ3n) is 3.62. The molecular formula is C19H21NO3. The zero-order valence-corrected chi connectivity index (χ0v) is 13.8. The Morgan fingerprint density at radius 3 is 2.26 bits per heavy atom. The number of ketones is 1. The van der Waals surface area contributed by atoms with Crippen LogP contribution in [0.5, 0.6) is 11.5 Å². The maximum absolute atomic E-state index is 12.3. The Balaban J connectivity index is 2.24. The second kappa shape index (κ2) is 7.49. The fraction of sp³-hybridized carbons (Fsp3) is 0.211. The van der Waals surface area contributed by atoms with E-state index < -0.39 is 0 Å². The van der Waals surface area contributed by atoms with Crippen LogP contribution >= 0.6 is 0 Å². The molecule has 0 fully saturated rings. The van der Waals surface area contributed by atoms with Crippen LogP contribution in [-0.2, 0) is 0 Å². The van der Waals surface area contributed by atoms with Crippen LogP contribution < -0.4 is 14.8 Å². The first-order valence-electron chi connectivity index (χ1n) is 7.32. The van der Waals surface area contributed by atoms with E-state index in [0.29, 0.717) is 11.3 Å². The molecule has 4 nitrogen and oxygen atoms in total. The van der Waals surface area contributed by atoms with Crippen molar-refractivity contribution in [2.75, 3.05) is 26.6 Å². The number of nitrogens with one attached hydrogen (secondary N) is 1. The van der Waals surface area contributed by atoms with E-state index in [1.807, 2.05) is 38.2 Å². The predicted molar refractivity (Wildman–Crippen MR) is 93.6 cm³/mol. The quantitative estimate of drug-likeness (QED) is 0.648. The summed E-state index contributed by atoms with van der Waals surface area (Å²) >= 11 is 0. The number of hydrogen-bond donors (Lipinski definition) is 1. The third kappa shape index (κ3) is 3.92. The lowest BCUT2D eigenvalue weighted by molar-refractivity contribution is 0.104. The van der Waals surface area contributed by atoms with Crippen molar-refractivity contribution in [1.29, 1.82) is 0 Å². The molecule has 0 aromatic heterocycles. The smallest absolute Gasteiger partial charge is 0.185 e. The maximum atomic E-state index is 12.3. The van der Waals surface area contributed by atoms with Gasteiger partial charge in [0.25, 0.3) is 0 Å². The highest BCUT2D eigenvalue weighted by Crippen LogP contribution is 2.29. The Morgan fingerprint density at radius 2 is 1.70 bits per heavy atom. The molecule has 0 unspecified atom stereocenters. The van der Waals surface area contributed by atoms with Crippen LogP contribution in [-0.4, -0.2) is 27.1 Å². The number of methoxy groups -OCH3 is 2. The molecule has 2 aromatic carbocycles. The van der Waals surface area contributed by atoms with E-state index in [0.717, 1.165) is 22.6 Å². The Hall–Kier alpha value is -2.75. The monoisotopic (exact) mass is 311 g/mol. The SMILES string of the molecule is CNc1ccc(C(=O)/C=C/c2cc(C)c(OC)cc2OC)cc1. The van der Waals surface area contributed by atoms with Gasteiger partial charge in [0.1, 0.15) is 11.5 Å². The van der Waals surface area contributed by atoms with Gasteiger partial charge in [-0.2, -0.15) is 0 Å². The zero-order valence-electron chi connectivity index (χ0n) is 13.8. The van der Waals surface area contributed by atoms with Crippen LogP contribution in [0.4, 0.5) is 5.69 Å². The number of ether oxygens (including phenoxy) is 2. The Labute approximate surface area is 136 Å². The largest absolute Gasteiger partial charge is 0.496 e. The number of hydrogen-bond acceptors (Lipinski definition) is 4. The van der Waals surface area contributed by atoms with Crippen molar-refractivity contribution >= 4 is 17.5 Å². The van der Waals surface area contributed by atoms with Gasteiger partial charge in [0.15, 0.2) is 5.78 Å². The Morgan fingerprint density at radius 1 is 1.04 bits per heavy atom. The molecule has 0 saturated heterocycles. The summed E-state index contributed by atoms with van der Waals surface area (Å²) in [5, 5.41) is 3.03. The molecule has 0 saturated carbocycles. The molecule has 4 heteroatoms. The van der Waals surface area contributed by atoms with E-state index in [1.165, 1.54) is 0 Å². The summed E-state index contributed by atoms with van der Waals surface area (Å²) in [6.45, 7) is 1.95. The number of aryl methyl sites for hydroxylation is 1. The molecule has 0 atom stereocenters. The van der Waals surface area contributed by atoms with Gasteiger partial charge < -0.3 is 14.8 Å². The summed E-state index contributed by atoms with van der Waals surface area (Å²) in [6, 6.07) is 11.1. The highest BCUT2D eigenvalue weighted by atomic mass is 16.5. The summed E-state index contributed by atoms with van der Waals surface area (Å²) in [7, 11) is 5.06. The van der Waals surface area contributed by atoms with Gasteiger partial charge in [-0.1, -0.05) is 0 Å². The van der Waals surface area contributed by atoms with Gasteiger partial charge in [-0.3, -0.25) is 4.79 Å². The van der Waals surface area contributed by atoms with Gasteiger partial charge in [-0.25, -0.2) is 0 Å². The standard InChI is InChI=1S/C19H21NO3/c1-13-11-15(19(23-4)12-18(13)22-3)7-10-17(21)14-5-8-16(20-2)9-6-14/h5-12,20H,1-4H3/b10-7+. The molecule has 0 radical (unpaired) electrons. The second-order valence-corrected chi connectivity index (χ2v) is 5.09. The van der Waals surface area contributed by atoms with E-state index in [4.69, 9.17) is 9.47 Å². The van der Waals surface area contributed by atoms with Gasteiger partial charge in [0, 0.05) is 29.9 Å². The summed E-state index contributed by atoms with van der Waals surface area (Å²) in [5.74, 6) is 1.37. The molecule has 0 bridgehead atoms. The topological polar surface area (TPSA) is 47.6 Å². The normalized spacial score (nSPS) is 10.6. The van der Waals surface area contributed by atoms with Gasteiger partial charge in [-0.05, 0) is 55.0 Å². The van der Waals surface area contributed by atoms with Crippen molar-refractivity contribution in [2.45, 2.75) is 6.92 Å². The Bertz CT molecular complexity index is 718. The third-order valence-corrected chi connectivity index (χ3v) is 3.62. The lowest BCUT2D eigenvalue weighted by Crippen LogP contribution is -1.96. The second-order valence-electron chi connectivity index (χ2n) is 5.09. The molecule has 120 valence electrons. The molecule has 0 amide bonds. The molecule has 0 spiro atoms. The molecule has 23 heavy (non-hydrogen) atoms. The number of benzene rings is 2. The van der Waals surface area contributed by atoms with E-state index in [1.54, 1.807) is 38.5 Å². The lowest BCUT2D eigenvalue weighted by Gasteiger charge is -2.10. The minimum absolute atomic E-state index is 0.0526. The van der Waals surface area contributed by atoms with Crippen LogP contribution in [0.3, 0.4) is 0 Å². The van der Waals surface area contributed by atoms with Crippen molar-refractivity contribution in [3.63, 3.8) is 0 Å². The van der Waals surface area contributed by atoms with E-state index in [-0.39, 0.29) is 5.78 Å². The number of anilines is 1. The van der Waals surface area contributed by atoms with Crippen molar-refractivity contribution in [3.8, 4) is 11.5 Å². The summed E-state index contributed by atoms with van der Waals surface area (Å²) in [5.41, 5.74) is 3.44. The molecule has 2 rings (SSSR count). The summed E-state index contributed by atoms with van der Waals surface area (Å²) < 4.78 is 10.6. The highest BCUT2D eigenvalue weighted by molar-refractivity contribution is 6.07. The number of rotatable bonds is 6. The van der Waals surface area contributed by atoms with Gasteiger partial charge in [-0.15, -0.1) is 0 Å². The minimum atomic E-state index is -0.0526. The van der Waals surface area contributed by atoms with Gasteiger partial charge >= 0.3 is 0 Å². The van der Waals surface area contributed by atoms with Gasteiger partial charge in [0.05, 0.1) is 14.2 Å².